The summed E-state index contributed by atoms with van der Waals surface area (Å²) in [5.74, 6) is 2.11. The van der Waals surface area contributed by atoms with Crippen LogP contribution in [0.2, 0.25) is 0 Å². The molecule has 1 saturated heterocycles. The Morgan fingerprint density at radius 1 is 1.29 bits per heavy atom. The lowest BCUT2D eigenvalue weighted by molar-refractivity contribution is 0.147. The van der Waals surface area contributed by atoms with Gasteiger partial charge in [0.15, 0.2) is 0 Å². The first-order chi connectivity index (χ1) is 10.4. The Balaban J connectivity index is 1.74. The summed E-state index contributed by atoms with van der Waals surface area (Å²) in [6.45, 7) is 7.25. The van der Waals surface area contributed by atoms with E-state index in [2.05, 4.69) is 41.4 Å². The van der Waals surface area contributed by atoms with Crippen molar-refractivity contribution in [3.8, 4) is 0 Å². The second kappa shape index (κ2) is 7.66. The van der Waals surface area contributed by atoms with Crippen LogP contribution in [0.1, 0.15) is 44.2 Å². The van der Waals surface area contributed by atoms with Crippen molar-refractivity contribution in [1.82, 2.24) is 10.2 Å². The van der Waals surface area contributed by atoms with Gasteiger partial charge in [0.25, 0.3) is 0 Å². The van der Waals surface area contributed by atoms with Crippen LogP contribution in [0.4, 0.5) is 0 Å². The number of rotatable bonds is 5. The molecule has 2 aliphatic heterocycles. The molecule has 1 aromatic rings. The maximum absolute atomic E-state index is 3.57. The number of hydrogen-bond acceptors (Lipinski definition) is 3. The highest BCUT2D eigenvalue weighted by Crippen LogP contribution is 2.39. The van der Waals surface area contributed by atoms with E-state index in [0.717, 1.165) is 5.92 Å². The number of hydrogen-bond donors (Lipinski definition) is 1. The highest BCUT2D eigenvalue weighted by atomic mass is 32.2. The molecule has 0 saturated carbocycles. The maximum Gasteiger partial charge on any atom is 0.0367 e. The lowest BCUT2D eigenvalue weighted by atomic mass is 9.95. The first-order valence-electron chi connectivity index (χ1n) is 8.55. The Kier molecular flexibility index (Phi) is 5.61. The van der Waals surface area contributed by atoms with Crippen molar-refractivity contribution in [1.29, 1.82) is 0 Å². The average Bonchev–Trinajstić information content (AvgIpc) is 2.55. The third-order valence-electron chi connectivity index (χ3n) is 4.77. The summed E-state index contributed by atoms with van der Waals surface area (Å²) in [7, 11) is 0. The van der Waals surface area contributed by atoms with Gasteiger partial charge in [-0.25, -0.2) is 0 Å². The summed E-state index contributed by atoms with van der Waals surface area (Å²) in [5, 5.41) is 3.57. The first-order valence-corrected chi connectivity index (χ1v) is 9.53. The number of thioether (sulfide) groups is 1. The standard InChI is InChI=1S/C18H28N2S/c1-2-11-20(14-15-6-5-10-19-13-15)17-9-12-21-18-8-4-3-7-16(17)18/h3-4,7-8,15,17,19H,2,5-6,9-14H2,1H3. The highest BCUT2D eigenvalue weighted by molar-refractivity contribution is 7.99. The smallest absolute Gasteiger partial charge is 0.0367 e. The average molecular weight is 305 g/mol. The van der Waals surface area contributed by atoms with Crippen molar-refractivity contribution in [3.63, 3.8) is 0 Å². The molecule has 21 heavy (non-hydrogen) atoms. The lowest BCUT2D eigenvalue weighted by Gasteiger charge is -2.38. The van der Waals surface area contributed by atoms with Gasteiger partial charge in [-0.1, -0.05) is 25.1 Å². The predicted molar refractivity (Wildman–Crippen MR) is 92.0 cm³/mol. The Hall–Kier alpha value is -0.510. The number of piperidine rings is 1. The molecular weight excluding hydrogens is 276 g/mol. The van der Waals surface area contributed by atoms with Crippen LogP contribution < -0.4 is 5.32 Å². The van der Waals surface area contributed by atoms with E-state index in [0.29, 0.717) is 6.04 Å². The van der Waals surface area contributed by atoms with Gasteiger partial charge in [0.05, 0.1) is 0 Å². The third-order valence-corrected chi connectivity index (χ3v) is 5.89. The maximum atomic E-state index is 3.57. The Morgan fingerprint density at radius 3 is 3.00 bits per heavy atom. The minimum Gasteiger partial charge on any atom is -0.316 e. The lowest BCUT2D eigenvalue weighted by Crippen LogP contribution is -2.41. The molecule has 2 aliphatic rings. The molecule has 3 rings (SSSR count). The molecule has 116 valence electrons. The van der Waals surface area contributed by atoms with Gasteiger partial charge in [-0.3, -0.25) is 4.90 Å². The molecule has 0 aliphatic carbocycles. The van der Waals surface area contributed by atoms with Gasteiger partial charge in [-0.2, -0.15) is 0 Å². The largest absolute Gasteiger partial charge is 0.316 e. The van der Waals surface area contributed by atoms with Crippen molar-refractivity contribution in [3.05, 3.63) is 29.8 Å². The predicted octanol–water partition coefficient (Wildman–Crippen LogP) is 3.94. The number of nitrogens with one attached hydrogen (secondary N) is 1. The van der Waals surface area contributed by atoms with Crippen LogP contribution in [-0.4, -0.2) is 36.8 Å². The van der Waals surface area contributed by atoms with Crippen LogP contribution in [0.5, 0.6) is 0 Å². The van der Waals surface area contributed by atoms with E-state index in [1.165, 1.54) is 62.5 Å². The van der Waals surface area contributed by atoms with Crippen molar-refractivity contribution in [2.75, 3.05) is 31.9 Å². The zero-order valence-electron chi connectivity index (χ0n) is 13.2. The van der Waals surface area contributed by atoms with E-state index in [4.69, 9.17) is 0 Å². The Bertz CT molecular complexity index is 443. The van der Waals surface area contributed by atoms with Crippen molar-refractivity contribution in [2.45, 2.75) is 43.5 Å². The molecular formula is C18H28N2S. The van der Waals surface area contributed by atoms with Crippen molar-refractivity contribution >= 4 is 11.8 Å². The fourth-order valence-corrected chi connectivity index (χ4v) is 4.88. The van der Waals surface area contributed by atoms with E-state index in [-0.39, 0.29) is 0 Å². The van der Waals surface area contributed by atoms with Gasteiger partial charge in [-0.05, 0) is 68.6 Å². The van der Waals surface area contributed by atoms with E-state index in [9.17, 15) is 0 Å². The SMILES string of the molecule is CCCN(CC1CCCNC1)C1CCSc2ccccc21. The van der Waals surface area contributed by atoms with Gasteiger partial charge in [0, 0.05) is 17.5 Å². The van der Waals surface area contributed by atoms with Crippen LogP contribution in [0, 0.1) is 5.92 Å². The molecule has 1 N–H and O–H groups in total. The fraction of sp³-hybridized carbons (Fsp3) is 0.667. The van der Waals surface area contributed by atoms with Gasteiger partial charge >= 0.3 is 0 Å². The molecule has 2 unspecified atom stereocenters. The normalized spacial score (nSPS) is 25.8. The van der Waals surface area contributed by atoms with Gasteiger partial charge < -0.3 is 5.32 Å². The van der Waals surface area contributed by atoms with Crippen LogP contribution >= 0.6 is 11.8 Å². The Labute approximate surface area is 133 Å². The van der Waals surface area contributed by atoms with Crippen molar-refractivity contribution in [2.24, 2.45) is 5.92 Å². The van der Waals surface area contributed by atoms with Crippen LogP contribution in [0.3, 0.4) is 0 Å². The van der Waals surface area contributed by atoms with E-state index in [1.54, 1.807) is 5.56 Å². The molecule has 2 atom stereocenters. The first kappa shape index (κ1) is 15.4. The molecule has 0 spiro atoms. The molecule has 2 heterocycles. The van der Waals surface area contributed by atoms with E-state index < -0.39 is 0 Å². The fourth-order valence-electron chi connectivity index (χ4n) is 3.78. The summed E-state index contributed by atoms with van der Waals surface area (Å²) < 4.78 is 0. The van der Waals surface area contributed by atoms with E-state index >= 15 is 0 Å². The molecule has 3 heteroatoms. The molecule has 0 bridgehead atoms. The second-order valence-electron chi connectivity index (χ2n) is 6.40. The second-order valence-corrected chi connectivity index (χ2v) is 7.53. The number of benzene rings is 1. The highest BCUT2D eigenvalue weighted by Gasteiger charge is 2.27. The Morgan fingerprint density at radius 2 is 2.19 bits per heavy atom. The van der Waals surface area contributed by atoms with Crippen LogP contribution in [0.25, 0.3) is 0 Å². The summed E-state index contributed by atoms with van der Waals surface area (Å²) in [6.07, 6.45) is 5.31. The zero-order valence-corrected chi connectivity index (χ0v) is 14.0. The molecule has 1 aromatic carbocycles. The van der Waals surface area contributed by atoms with Crippen LogP contribution in [-0.2, 0) is 0 Å². The molecule has 1 fully saturated rings. The third kappa shape index (κ3) is 3.82. The minimum absolute atomic E-state index is 0.643. The molecule has 0 radical (unpaired) electrons. The van der Waals surface area contributed by atoms with Gasteiger partial charge in [-0.15, -0.1) is 11.8 Å². The van der Waals surface area contributed by atoms with Crippen molar-refractivity contribution < 1.29 is 0 Å². The summed E-state index contributed by atoms with van der Waals surface area (Å²) >= 11 is 2.04. The topological polar surface area (TPSA) is 15.3 Å². The number of nitrogens with zero attached hydrogens (tertiary/aromatic N) is 1. The molecule has 0 amide bonds. The monoisotopic (exact) mass is 304 g/mol. The quantitative estimate of drug-likeness (QED) is 0.887. The number of fused-ring (bicyclic) bond motifs is 1. The summed E-state index contributed by atoms with van der Waals surface area (Å²) in [5.41, 5.74) is 1.57. The molecule has 2 nitrogen and oxygen atoms in total. The van der Waals surface area contributed by atoms with E-state index in [1.807, 2.05) is 11.8 Å². The minimum atomic E-state index is 0.643. The van der Waals surface area contributed by atoms with Crippen LogP contribution in [0.15, 0.2) is 29.2 Å². The zero-order chi connectivity index (χ0) is 14.5. The molecule has 0 aromatic heterocycles. The van der Waals surface area contributed by atoms with Gasteiger partial charge in [0.2, 0.25) is 0 Å². The summed E-state index contributed by atoms with van der Waals surface area (Å²) in [4.78, 5) is 4.28. The summed E-state index contributed by atoms with van der Waals surface area (Å²) in [6, 6.07) is 9.70. The van der Waals surface area contributed by atoms with Gasteiger partial charge in [0.1, 0.15) is 0 Å².